The lowest BCUT2D eigenvalue weighted by molar-refractivity contribution is -0.145. The Kier molecular flexibility index (Phi) is 5.20. The molecule has 9 heteroatoms. The second-order valence-electron chi connectivity index (χ2n) is 9.64. The predicted octanol–water partition coefficient (Wildman–Crippen LogP) is 5.43. The van der Waals surface area contributed by atoms with Crippen molar-refractivity contribution in [3.8, 4) is 5.69 Å². The van der Waals surface area contributed by atoms with Crippen molar-refractivity contribution in [3.05, 3.63) is 59.2 Å². The molecule has 34 heavy (non-hydrogen) atoms. The van der Waals surface area contributed by atoms with Gasteiger partial charge in [-0.2, -0.15) is 5.10 Å². The summed E-state index contributed by atoms with van der Waals surface area (Å²) < 4.78 is 51.4. The van der Waals surface area contributed by atoms with Crippen molar-refractivity contribution in [1.29, 1.82) is 0 Å². The molecular weight excluding hydrogens is 447 g/mol. The number of rotatable bonds is 6. The lowest BCUT2D eigenvalue weighted by atomic mass is 9.68. The van der Waals surface area contributed by atoms with Crippen LogP contribution >= 0.6 is 0 Å². The third kappa shape index (κ3) is 3.29. The fourth-order valence-electron chi connectivity index (χ4n) is 5.27. The van der Waals surface area contributed by atoms with Gasteiger partial charge in [-0.25, -0.2) is 13.2 Å². The number of halogens is 3. The van der Waals surface area contributed by atoms with Crippen molar-refractivity contribution < 1.29 is 27.8 Å². The van der Waals surface area contributed by atoms with Gasteiger partial charge in [-0.05, 0) is 42.5 Å². The monoisotopic (exact) mass is 471 g/mol. The third-order valence-electron chi connectivity index (χ3n) is 6.85. The maximum atomic E-state index is 16.0. The van der Waals surface area contributed by atoms with Crippen LogP contribution in [0.4, 0.5) is 13.2 Å². The quantitative estimate of drug-likeness (QED) is 0.393. The van der Waals surface area contributed by atoms with Crippen LogP contribution in [0.2, 0.25) is 0 Å². The molecule has 6 nitrogen and oxygen atoms in total. The fourth-order valence-corrected chi connectivity index (χ4v) is 5.27. The Balaban J connectivity index is 1.90. The van der Waals surface area contributed by atoms with E-state index in [-0.39, 0.29) is 18.0 Å². The number of aromatic nitrogens is 3. The summed E-state index contributed by atoms with van der Waals surface area (Å²) in [4.78, 5) is 11.5. The summed E-state index contributed by atoms with van der Waals surface area (Å²) in [5.74, 6) is -4.11. The summed E-state index contributed by atoms with van der Waals surface area (Å²) in [7, 11) is 1.56. The number of carboxylic acid groups (broad SMARTS) is 1. The molecule has 0 spiro atoms. The summed E-state index contributed by atoms with van der Waals surface area (Å²) >= 11 is 0. The Labute approximate surface area is 193 Å². The molecule has 1 aliphatic rings. The van der Waals surface area contributed by atoms with Crippen LogP contribution in [0.15, 0.2) is 30.5 Å². The number of benzene rings is 2. The van der Waals surface area contributed by atoms with Crippen LogP contribution in [0.1, 0.15) is 43.9 Å². The van der Waals surface area contributed by atoms with Crippen molar-refractivity contribution in [2.75, 3.05) is 13.7 Å². The second-order valence-corrected chi connectivity index (χ2v) is 9.64. The van der Waals surface area contributed by atoms with Gasteiger partial charge in [-0.1, -0.05) is 13.8 Å². The molecule has 0 bridgehead atoms. The van der Waals surface area contributed by atoms with Gasteiger partial charge >= 0.3 is 5.97 Å². The topological polar surface area (TPSA) is 80.1 Å². The van der Waals surface area contributed by atoms with Crippen molar-refractivity contribution in [2.24, 2.45) is 5.92 Å². The lowest BCUT2D eigenvalue weighted by Crippen LogP contribution is -2.33. The minimum Gasteiger partial charge on any atom is -0.481 e. The number of H-pyrrole nitrogens is 1. The molecule has 1 aliphatic carbocycles. The number of hydrogen-bond acceptors (Lipinski definition) is 3. The number of hydrogen-bond donors (Lipinski definition) is 2. The van der Waals surface area contributed by atoms with E-state index in [2.05, 4.69) is 10.2 Å². The zero-order valence-electron chi connectivity index (χ0n) is 19.0. The number of fused-ring (bicyclic) bond motifs is 2. The van der Waals surface area contributed by atoms with Gasteiger partial charge in [0.05, 0.1) is 24.2 Å². The highest BCUT2D eigenvalue weighted by atomic mass is 19.2. The molecule has 0 unspecified atom stereocenters. The van der Waals surface area contributed by atoms with E-state index in [9.17, 15) is 18.7 Å². The van der Waals surface area contributed by atoms with Crippen molar-refractivity contribution in [3.63, 3.8) is 0 Å². The van der Waals surface area contributed by atoms with Gasteiger partial charge in [0.25, 0.3) is 0 Å². The highest BCUT2D eigenvalue weighted by Gasteiger charge is 2.42. The largest absolute Gasteiger partial charge is 0.481 e. The van der Waals surface area contributed by atoms with Gasteiger partial charge in [0, 0.05) is 40.7 Å². The number of carbonyl (C=O) groups is 1. The lowest BCUT2D eigenvalue weighted by Gasteiger charge is -2.36. The zero-order valence-corrected chi connectivity index (χ0v) is 19.0. The van der Waals surface area contributed by atoms with Gasteiger partial charge in [-0.15, -0.1) is 0 Å². The average Bonchev–Trinajstić information content (AvgIpc) is 3.33. The number of ether oxygens (including phenoxy) is 1. The highest BCUT2D eigenvalue weighted by molar-refractivity contribution is 6.00. The first-order valence-corrected chi connectivity index (χ1v) is 11.0. The Bertz CT molecular complexity index is 1430. The third-order valence-corrected chi connectivity index (χ3v) is 6.85. The zero-order chi connectivity index (χ0) is 24.4. The van der Waals surface area contributed by atoms with Crippen LogP contribution in [0.25, 0.3) is 27.5 Å². The molecule has 0 saturated heterocycles. The second kappa shape index (κ2) is 7.87. The Morgan fingerprint density at radius 2 is 1.97 bits per heavy atom. The molecular formula is C25H24F3N3O3. The highest BCUT2D eigenvalue weighted by Crippen LogP contribution is 2.51. The van der Waals surface area contributed by atoms with Crippen molar-refractivity contribution in [1.82, 2.24) is 14.8 Å². The molecule has 0 radical (unpaired) electrons. The number of aliphatic carboxylic acids is 1. The van der Waals surface area contributed by atoms with Gasteiger partial charge < -0.3 is 14.4 Å². The van der Waals surface area contributed by atoms with Crippen molar-refractivity contribution >= 4 is 27.8 Å². The van der Waals surface area contributed by atoms with E-state index in [1.54, 1.807) is 17.7 Å². The van der Waals surface area contributed by atoms with Crippen LogP contribution in [-0.4, -0.2) is 39.6 Å². The Morgan fingerprint density at radius 3 is 2.62 bits per heavy atom. The minimum absolute atomic E-state index is 0.212. The first-order chi connectivity index (χ1) is 16.1. The molecule has 1 saturated carbocycles. The first kappa shape index (κ1) is 22.5. The number of nitrogens with one attached hydrogen (secondary N) is 1. The maximum Gasteiger partial charge on any atom is 0.306 e. The van der Waals surface area contributed by atoms with E-state index < -0.39 is 34.8 Å². The summed E-state index contributed by atoms with van der Waals surface area (Å²) in [6.07, 6.45) is 2.23. The molecule has 0 aliphatic heterocycles. The van der Waals surface area contributed by atoms with Crippen LogP contribution in [0.5, 0.6) is 0 Å². The number of methoxy groups -OCH3 is 1. The van der Waals surface area contributed by atoms with Gasteiger partial charge in [-0.3, -0.25) is 9.89 Å². The first-order valence-electron chi connectivity index (χ1n) is 11.0. The summed E-state index contributed by atoms with van der Waals surface area (Å²) in [5, 5.41) is 17.0. The molecule has 2 aromatic heterocycles. The van der Waals surface area contributed by atoms with Crippen LogP contribution in [-0.2, 0) is 14.9 Å². The van der Waals surface area contributed by atoms with Gasteiger partial charge in [0.15, 0.2) is 17.5 Å². The Morgan fingerprint density at radius 1 is 1.24 bits per heavy atom. The summed E-state index contributed by atoms with van der Waals surface area (Å²) in [6.45, 7) is 4.14. The smallest absolute Gasteiger partial charge is 0.306 e. The maximum absolute atomic E-state index is 16.0. The van der Waals surface area contributed by atoms with Crippen LogP contribution in [0.3, 0.4) is 0 Å². The standard InChI is InChI=1S/C25H24F3N3O3/c1-25(2,11-34-3)23-19(12-6-13(7-12)24(32)33)20-18(8-14-10-29-30-22(14)21(20)28)31(23)15-4-5-16(26)17(27)9-15/h4-5,8-10,12-13H,6-7,11H2,1-3H3,(H,29,30)(H,32,33)/t12-,13-. The van der Waals surface area contributed by atoms with Crippen LogP contribution in [0, 0.1) is 23.4 Å². The molecule has 2 heterocycles. The van der Waals surface area contributed by atoms with E-state index in [0.29, 0.717) is 46.1 Å². The summed E-state index contributed by atoms with van der Waals surface area (Å²) in [6, 6.07) is 5.34. The molecule has 178 valence electrons. The van der Waals surface area contributed by atoms with E-state index in [0.717, 1.165) is 12.1 Å². The SMILES string of the molecule is COCC(C)(C)c1c([C@H]2C[C@H](C(=O)O)C2)c2c(F)c3[nH]ncc3cc2n1-c1ccc(F)c(F)c1. The molecule has 0 atom stereocenters. The molecule has 1 fully saturated rings. The van der Waals surface area contributed by atoms with E-state index in [1.807, 2.05) is 13.8 Å². The molecule has 2 aromatic carbocycles. The molecule has 5 rings (SSSR count). The van der Waals surface area contributed by atoms with E-state index >= 15 is 4.39 Å². The van der Waals surface area contributed by atoms with Crippen molar-refractivity contribution in [2.45, 2.75) is 38.0 Å². The number of nitrogens with zero attached hydrogens (tertiary/aromatic N) is 2. The normalized spacial score (nSPS) is 18.5. The molecule has 2 N–H and O–H groups in total. The fraction of sp³-hybridized carbons (Fsp3) is 0.360. The number of carboxylic acids is 1. The average molecular weight is 471 g/mol. The molecule has 4 aromatic rings. The van der Waals surface area contributed by atoms with E-state index in [1.165, 1.54) is 12.3 Å². The number of aromatic amines is 1. The van der Waals surface area contributed by atoms with Crippen LogP contribution < -0.4 is 0 Å². The van der Waals surface area contributed by atoms with Gasteiger partial charge in [0.2, 0.25) is 0 Å². The Hall–Kier alpha value is -3.33. The molecule has 0 amide bonds. The summed E-state index contributed by atoms with van der Waals surface area (Å²) in [5.41, 5.74) is 1.75. The van der Waals surface area contributed by atoms with Gasteiger partial charge in [0.1, 0.15) is 5.52 Å². The van der Waals surface area contributed by atoms with E-state index in [4.69, 9.17) is 4.74 Å². The predicted molar refractivity (Wildman–Crippen MR) is 121 cm³/mol. The minimum atomic E-state index is -1.02.